The first-order valence-corrected chi connectivity index (χ1v) is 9.01. The fourth-order valence-corrected chi connectivity index (χ4v) is 5.34. The van der Waals surface area contributed by atoms with Gasteiger partial charge in [0.05, 0.1) is 11.9 Å². The lowest BCUT2D eigenvalue weighted by Gasteiger charge is -2.26. The number of nitrogens with zero attached hydrogens (tertiary/aromatic N) is 1. The van der Waals surface area contributed by atoms with Crippen LogP contribution in [0.4, 0.5) is 0 Å². The van der Waals surface area contributed by atoms with Crippen molar-refractivity contribution >= 4 is 22.4 Å². The van der Waals surface area contributed by atoms with Gasteiger partial charge in [-0.05, 0) is 44.1 Å². The molecule has 1 N–H and O–H groups in total. The van der Waals surface area contributed by atoms with Crippen molar-refractivity contribution in [3.63, 3.8) is 0 Å². The summed E-state index contributed by atoms with van der Waals surface area (Å²) < 4.78 is 32.2. The highest BCUT2D eigenvalue weighted by Crippen LogP contribution is 2.37. The Morgan fingerprint density at radius 1 is 1.30 bits per heavy atom. The van der Waals surface area contributed by atoms with E-state index >= 15 is 0 Å². The van der Waals surface area contributed by atoms with Crippen molar-refractivity contribution in [1.29, 1.82) is 0 Å². The van der Waals surface area contributed by atoms with E-state index in [0.29, 0.717) is 19.7 Å². The standard InChI is InChI=1S/C13H24N2O3S.ClH/c16-19(17,9-12-3-1-2-8-18-12)15-7-5-13(11-15)4-6-14-10-13;/h12,14H,1-11H2;1H. The molecule has 7 heteroatoms. The Kier molecular flexibility index (Phi) is 5.34. The Balaban J connectivity index is 0.00000147. The van der Waals surface area contributed by atoms with Gasteiger partial charge in [-0.2, -0.15) is 0 Å². The number of hydrogen-bond acceptors (Lipinski definition) is 4. The van der Waals surface area contributed by atoms with E-state index in [4.69, 9.17) is 4.74 Å². The summed E-state index contributed by atoms with van der Waals surface area (Å²) in [5, 5.41) is 3.36. The summed E-state index contributed by atoms with van der Waals surface area (Å²) in [5.41, 5.74) is 0.209. The zero-order valence-corrected chi connectivity index (χ0v) is 13.5. The van der Waals surface area contributed by atoms with Gasteiger partial charge in [-0.15, -0.1) is 12.4 Å². The van der Waals surface area contributed by atoms with Gasteiger partial charge < -0.3 is 10.1 Å². The van der Waals surface area contributed by atoms with Crippen LogP contribution in [-0.4, -0.2) is 57.4 Å². The predicted octanol–water partition coefficient (Wildman–Crippen LogP) is 0.992. The third kappa shape index (κ3) is 3.47. The normalized spacial score (nSPS) is 35.3. The Labute approximate surface area is 127 Å². The number of ether oxygens (including phenoxy) is 1. The molecule has 0 amide bonds. The van der Waals surface area contributed by atoms with Crippen LogP contribution in [0.15, 0.2) is 0 Å². The van der Waals surface area contributed by atoms with E-state index in [-0.39, 0.29) is 29.7 Å². The minimum atomic E-state index is -3.14. The van der Waals surface area contributed by atoms with Crippen molar-refractivity contribution in [2.45, 2.75) is 38.2 Å². The maximum absolute atomic E-state index is 12.5. The molecule has 0 aromatic rings. The minimum Gasteiger partial charge on any atom is -0.377 e. The predicted molar refractivity (Wildman–Crippen MR) is 80.7 cm³/mol. The topological polar surface area (TPSA) is 58.6 Å². The van der Waals surface area contributed by atoms with Crippen molar-refractivity contribution < 1.29 is 13.2 Å². The largest absolute Gasteiger partial charge is 0.377 e. The van der Waals surface area contributed by atoms with Gasteiger partial charge in [0.2, 0.25) is 10.0 Å². The second-order valence-corrected chi connectivity index (χ2v) is 8.29. The summed E-state index contributed by atoms with van der Waals surface area (Å²) in [7, 11) is -3.14. The van der Waals surface area contributed by atoms with Crippen LogP contribution in [0.25, 0.3) is 0 Å². The van der Waals surface area contributed by atoms with Crippen molar-refractivity contribution in [1.82, 2.24) is 9.62 Å². The second-order valence-electron chi connectivity index (χ2n) is 6.28. The van der Waals surface area contributed by atoms with Crippen molar-refractivity contribution in [2.24, 2.45) is 5.41 Å². The zero-order chi connectivity index (χ0) is 13.3. The summed E-state index contributed by atoms with van der Waals surface area (Å²) in [6.07, 6.45) is 5.07. The Bertz CT molecular complexity index is 417. The van der Waals surface area contributed by atoms with Gasteiger partial charge in [-0.1, -0.05) is 0 Å². The molecule has 0 saturated carbocycles. The SMILES string of the molecule is Cl.O=S(=O)(CC1CCCCO1)N1CCC2(CCNC2)C1. The van der Waals surface area contributed by atoms with Gasteiger partial charge in [0.25, 0.3) is 0 Å². The van der Waals surface area contributed by atoms with E-state index in [1.54, 1.807) is 4.31 Å². The summed E-state index contributed by atoms with van der Waals surface area (Å²) in [5.74, 6) is 0.177. The number of sulfonamides is 1. The Morgan fingerprint density at radius 2 is 2.15 bits per heavy atom. The molecule has 0 aliphatic carbocycles. The molecular formula is C13H25ClN2O3S. The molecule has 3 aliphatic rings. The van der Waals surface area contributed by atoms with Gasteiger partial charge in [0.1, 0.15) is 0 Å². The van der Waals surface area contributed by atoms with Crippen LogP contribution >= 0.6 is 12.4 Å². The molecular weight excluding hydrogens is 300 g/mol. The first kappa shape index (κ1) is 16.5. The molecule has 3 saturated heterocycles. The molecule has 2 unspecified atom stereocenters. The van der Waals surface area contributed by atoms with Crippen LogP contribution in [0, 0.1) is 5.41 Å². The van der Waals surface area contributed by atoms with Crippen LogP contribution < -0.4 is 5.32 Å². The molecule has 3 heterocycles. The molecule has 0 bridgehead atoms. The van der Waals surface area contributed by atoms with E-state index in [0.717, 1.165) is 45.2 Å². The molecule has 20 heavy (non-hydrogen) atoms. The summed E-state index contributed by atoms with van der Waals surface area (Å²) >= 11 is 0. The van der Waals surface area contributed by atoms with E-state index in [9.17, 15) is 8.42 Å². The fraction of sp³-hybridized carbons (Fsp3) is 1.00. The molecule has 3 rings (SSSR count). The van der Waals surface area contributed by atoms with Crippen LogP contribution in [0.1, 0.15) is 32.1 Å². The lowest BCUT2D eigenvalue weighted by Crippen LogP contribution is -2.39. The monoisotopic (exact) mass is 324 g/mol. The number of nitrogens with one attached hydrogen (secondary N) is 1. The van der Waals surface area contributed by atoms with E-state index < -0.39 is 10.0 Å². The van der Waals surface area contributed by atoms with E-state index in [1.807, 2.05) is 0 Å². The maximum Gasteiger partial charge on any atom is 0.216 e. The number of halogens is 1. The number of rotatable bonds is 3. The Morgan fingerprint density at radius 3 is 2.80 bits per heavy atom. The molecule has 0 radical (unpaired) electrons. The van der Waals surface area contributed by atoms with Crippen LogP contribution in [0.3, 0.4) is 0 Å². The van der Waals surface area contributed by atoms with Crippen LogP contribution in [0.2, 0.25) is 0 Å². The lowest BCUT2D eigenvalue weighted by molar-refractivity contribution is 0.0299. The van der Waals surface area contributed by atoms with Gasteiger partial charge >= 0.3 is 0 Å². The van der Waals surface area contributed by atoms with Crippen LogP contribution in [-0.2, 0) is 14.8 Å². The molecule has 0 aromatic heterocycles. The molecule has 1 spiro atoms. The first-order valence-electron chi connectivity index (χ1n) is 7.40. The van der Waals surface area contributed by atoms with Crippen molar-refractivity contribution in [3.05, 3.63) is 0 Å². The Hall–Kier alpha value is 0.120. The van der Waals surface area contributed by atoms with Crippen LogP contribution in [0.5, 0.6) is 0 Å². The molecule has 5 nitrogen and oxygen atoms in total. The molecule has 118 valence electrons. The highest BCUT2D eigenvalue weighted by molar-refractivity contribution is 7.89. The zero-order valence-electron chi connectivity index (χ0n) is 11.8. The smallest absolute Gasteiger partial charge is 0.216 e. The molecule has 0 aromatic carbocycles. The third-order valence-corrected chi connectivity index (χ3v) is 6.69. The van der Waals surface area contributed by atoms with Gasteiger partial charge in [-0.25, -0.2) is 12.7 Å². The van der Waals surface area contributed by atoms with E-state index in [2.05, 4.69) is 5.32 Å². The maximum atomic E-state index is 12.5. The summed E-state index contributed by atoms with van der Waals surface area (Å²) in [4.78, 5) is 0. The molecule has 3 fully saturated rings. The highest BCUT2D eigenvalue weighted by atomic mass is 35.5. The quantitative estimate of drug-likeness (QED) is 0.841. The van der Waals surface area contributed by atoms with Gasteiger partial charge in [0, 0.05) is 26.2 Å². The van der Waals surface area contributed by atoms with Gasteiger partial charge in [-0.3, -0.25) is 0 Å². The van der Waals surface area contributed by atoms with Crippen molar-refractivity contribution in [3.8, 4) is 0 Å². The molecule has 3 aliphatic heterocycles. The molecule has 2 atom stereocenters. The summed E-state index contributed by atoms with van der Waals surface area (Å²) in [6, 6.07) is 0. The average molecular weight is 325 g/mol. The minimum absolute atomic E-state index is 0. The number of hydrogen-bond donors (Lipinski definition) is 1. The second kappa shape index (κ2) is 6.48. The summed E-state index contributed by atoms with van der Waals surface area (Å²) in [6.45, 7) is 4.11. The van der Waals surface area contributed by atoms with Gasteiger partial charge in [0.15, 0.2) is 0 Å². The van der Waals surface area contributed by atoms with Crippen molar-refractivity contribution in [2.75, 3.05) is 38.5 Å². The first-order chi connectivity index (χ1) is 9.10. The average Bonchev–Trinajstić information content (AvgIpc) is 3.02. The fourth-order valence-electron chi connectivity index (χ4n) is 3.55. The third-order valence-electron chi connectivity index (χ3n) is 4.80. The lowest BCUT2D eigenvalue weighted by atomic mass is 9.87. The highest BCUT2D eigenvalue weighted by Gasteiger charge is 2.44. The van der Waals surface area contributed by atoms with E-state index in [1.165, 1.54) is 0 Å².